The van der Waals surface area contributed by atoms with Crippen molar-refractivity contribution in [3.05, 3.63) is 41.2 Å². The van der Waals surface area contributed by atoms with E-state index in [1.54, 1.807) is 26.1 Å². The van der Waals surface area contributed by atoms with Crippen molar-refractivity contribution in [3.63, 3.8) is 0 Å². The van der Waals surface area contributed by atoms with Crippen LogP contribution in [0.2, 0.25) is 0 Å². The quantitative estimate of drug-likeness (QED) is 0.273. The molecule has 2 aromatic rings. The molecule has 0 aliphatic carbocycles. The molecule has 0 heterocycles. The summed E-state index contributed by atoms with van der Waals surface area (Å²) in [5.74, 6) is 0.920. The molecule has 27 heavy (non-hydrogen) atoms. The molecule has 2 aromatic carbocycles. The number of methoxy groups -OCH3 is 1. The number of aromatic hydroxyl groups is 1. The Hall–Kier alpha value is -2.67. The number of nitrogens with two attached hydrogens (primary N) is 1. The molecular weight excluding hydrogens is 373 g/mol. The highest BCUT2D eigenvalue weighted by atomic mass is 35.5. The van der Waals surface area contributed by atoms with Crippen LogP contribution in [0.3, 0.4) is 0 Å². The molecule has 0 aliphatic heterocycles. The summed E-state index contributed by atoms with van der Waals surface area (Å²) >= 11 is 5.68. The number of phenolic OH excluding ortho intramolecular Hbond substituents is 1. The second-order valence-corrected chi connectivity index (χ2v) is 6.10. The van der Waals surface area contributed by atoms with Crippen molar-refractivity contribution in [2.45, 2.75) is 13.3 Å². The highest BCUT2D eigenvalue weighted by molar-refractivity contribution is 6.17. The van der Waals surface area contributed by atoms with Crippen molar-refractivity contribution in [1.29, 1.82) is 0 Å². The number of aliphatic imine (C=N–C) groups is 1. The summed E-state index contributed by atoms with van der Waals surface area (Å²) in [6.07, 6.45) is 0.695. The highest BCUT2D eigenvalue weighted by Crippen LogP contribution is 2.35. The zero-order chi connectivity index (χ0) is 20.0. The second-order valence-electron chi connectivity index (χ2n) is 5.73. The molecule has 8 heteroatoms. The van der Waals surface area contributed by atoms with E-state index in [1.165, 1.54) is 13.2 Å². The van der Waals surface area contributed by atoms with Crippen molar-refractivity contribution >= 4 is 28.8 Å². The molecule has 6 nitrogen and oxygen atoms in total. The van der Waals surface area contributed by atoms with Crippen LogP contribution in [0.1, 0.15) is 17.5 Å². The number of amidine groups is 1. The van der Waals surface area contributed by atoms with Crippen LogP contribution in [-0.4, -0.2) is 37.6 Å². The van der Waals surface area contributed by atoms with Crippen LogP contribution in [0.4, 0.5) is 15.8 Å². The molecular formula is C19H23ClFN3O3. The van der Waals surface area contributed by atoms with Gasteiger partial charge in [-0.3, -0.25) is 0 Å². The lowest BCUT2D eigenvalue weighted by Gasteiger charge is -2.16. The van der Waals surface area contributed by atoms with Crippen LogP contribution in [0.25, 0.3) is 0 Å². The number of nitrogens with zero attached hydrogens (tertiary/aromatic N) is 1. The summed E-state index contributed by atoms with van der Waals surface area (Å²) < 4.78 is 25.2. The van der Waals surface area contributed by atoms with Crippen molar-refractivity contribution in [1.82, 2.24) is 0 Å². The Kier molecular flexibility index (Phi) is 7.12. The van der Waals surface area contributed by atoms with Gasteiger partial charge in [0.1, 0.15) is 23.1 Å². The van der Waals surface area contributed by atoms with Crippen LogP contribution < -0.4 is 20.5 Å². The SMILES string of the molecule is CNc1cc(OCCCCl)c(OC)cc1C(N)=Nc1c(F)ccc(O)c1C. The minimum atomic E-state index is -0.577. The Morgan fingerprint density at radius 3 is 2.70 bits per heavy atom. The molecule has 0 bridgehead atoms. The maximum atomic E-state index is 14.1. The number of hydrogen-bond acceptors (Lipinski definition) is 5. The molecule has 2 rings (SSSR count). The Bertz CT molecular complexity index is 843. The first-order valence-corrected chi connectivity index (χ1v) is 8.87. The van der Waals surface area contributed by atoms with E-state index < -0.39 is 5.82 Å². The van der Waals surface area contributed by atoms with Crippen molar-refractivity contribution in [2.24, 2.45) is 10.7 Å². The van der Waals surface area contributed by atoms with Gasteiger partial charge in [0.25, 0.3) is 0 Å². The maximum Gasteiger partial charge on any atom is 0.163 e. The zero-order valence-corrected chi connectivity index (χ0v) is 16.2. The number of alkyl halides is 1. The average Bonchev–Trinajstić information content (AvgIpc) is 2.67. The maximum absolute atomic E-state index is 14.1. The Balaban J connectivity index is 2.49. The lowest BCUT2D eigenvalue weighted by molar-refractivity contribution is 0.295. The number of ether oxygens (including phenoxy) is 2. The molecule has 0 radical (unpaired) electrons. The number of rotatable bonds is 8. The molecule has 0 saturated carbocycles. The van der Waals surface area contributed by atoms with E-state index in [9.17, 15) is 9.50 Å². The molecule has 0 amide bonds. The lowest BCUT2D eigenvalue weighted by Crippen LogP contribution is -2.16. The Morgan fingerprint density at radius 2 is 2.07 bits per heavy atom. The normalized spacial score (nSPS) is 11.4. The third kappa shape index (κ3) is 4.74. The Labute approximate surface area is 162 Å². The summed E-state index contributed by atoms with van der Waals surface area (Å²) in [6.45, 7) is 2.01. The van der Waals surface area contributed by atoms with Crippen LogP contribution in [-0.2, 0) is 0 Å². The fourth-order valence-electron chi connectivity index (χ4n) is 2.46. The van der Waals surface area contributed by atoms with Gasteiger partial charge in [0.15, 0.2) is 11.5 Å². The number of halogens is 2. The summed E-state index contributed by atoms with van der Waals surface area (Å²) in [4.78, 5) is 4.18. The molecule has 0 atom stereocenters. The fraction of sp³-hybridized carbons (Fsp3) is 0.316. The number of anilines is 1. The van der Waals surface area contributed by atoms with E-state index in [2.05, 4.69) is 10.3 Å². The Morgan fingerprint density at radius 1 is 1.33 bits per heavy atom. The van der Waals surface area contributed by atoms with Crippen LogP contribution in [0, 0.1) is 12.7 Å². The summed E-state index contributed by atoms with van der Waals surface area (Å²) in [5.41, 5.74) is 7.57. The standard InChI is InChI=1S/C19H23ClFN3O3/c1-11-15(25)6-5-13(21)18(11)24-19(22)12-9-16(26-3)17(10-14(12)23-2)27-8-4-7-20/h5-6,9-10,23,25H,4,7-8H2,1-3H3,(H2,22,24). The fourth-order valence-corrected chi connectivity index (χ4v) is 2.57. The van der Waals surface area contributed by atoms with Gasteiger partial charge in [-0.05, 0) is 31.5 Å². The molecule has 0 aliphatic rings. The van der Waals surface area contributed by atoms with Gasteiger partial charge in [0, 0.05) is 35.8 Å². The van der Waals surface area contributed by atoms with Crippen LogP contribution in [0.15, 0.2) is 29.3 Å². The van der Waals surface area contributed by atoms with Gasteiger partial charge in [-0.2, -0.15) is 0 Å². The smallest absolute Gasteiger partial charge is 0.163 e. The molecule has 0 spiro atoms. The third-order valence-electron chi connectivity index (χ3n) is 3.97. The molecule has 4 N–H and O–H groups in total. The first kappa shape index (κ1) is 20.6. The topological polar surface area (TPSA) is 89.1 Å². The predicted molar refractivity (Wildman–Crippen MR) is 107 cm³/mol. The van der Waals surface area contributed by atoms with Gasteiger partial charge >= 0.3 is 0 Å². The van der Waals surface area contributed by atoms with E-state index >= 15 is 0 Å². The number of phenols is 1. The molecule has 0 unspecified atom stereocenters. The molecule has 0 aromatic heterocycles. The monoisotopic (exact) mass is 395 g/mol. The molecule has 0 fully saturated rings. The minimum Gasteiger partial charge on any atom is -0.508 e. The van der Waals surface area contributed by atoms with E-state index in [4.69, 9.17) is 26.8 Å². The van der Waals surface area contributed by atoms with Crippen molar-refractivity contribution < 1.29 is 19.0 Å². The molecule has 0 saturated heterocycles. The van der Waals surface area contributed by atoms with E-state index in [1.807, 2.05) is 0 Å². The predicted octanol–water partition coefficient (Wildman–Crippen LogP) is 3.93. The largest absolute Gasteiger partial charge is 0.508 e. The summed E-state index contributed by atoms with van der Waals surface area (Å²) in [7, 11) is 3.24. The van der Waals surface area contributed by atoms with Crippen LogP contribution >= 0.6 is 11.6 Å². The van der Waals surface area contributed by atoms with Crippen molar-refractivity contribution in [3.8, 4) is 17.2 Å². The van der Waals surface area contributed by atoms with Gasteiger partial charge in [0.2, 0.25) is 0 Å². The highest BCUT2D eigenvalue weighted by Gasteiger charge is 2.16. The summed E-state index contributed by atoms with van der Waals surface area (Å²) in [5, 5.41) is 12.8. The van der Waals surface area contributed by atoms with E-state index in [0.29, 0.717) is 47.2 Å². The van der Waals surface area contributed by atoms with E-state index in [0.717, 1.165) is 6.07 Å². The lowest BCUT2D eigenvalue weighted by atomic mass is 10.1. The van der Waals surface area contributed by atoms with Gasteiger partial charge in [0.05, 0.1) is 13.7 Å². The van der Waals surface area contributed by atoms with Gasteiger partial charge in [-0.25, -0.2) is 9.38 Å². The second kappa shape index (κ2) is 9.32. The minimum absolute atomic E-state index is 0.0176. The number of benzene rings is 2. The van der Waals surface area contributed by atoms with Gasteiger partial charge in [-0.15, -0.1) is 11.6 Å². The molecule has 146 valence electrons. The van der Waals surface area contributed by atoms with E-state index in [-0.39, 0.29) is 17.3 Å². The first-order valence-electron chi connectivity index (χ1n) is 8.34. The third-order valence-corrected chi connectivity index (χ3v) is 4.24. The van der Waals surface area contributed by atoms with Gasteiger partial charge < -0.3 is 25.6 Å². The first-order chi connectivity index (χ1) is 12.9. The van der Waals surface area contributed by atoms with Gasteiger partial charge in [-0.1, -0.05) is 0 Å². The number of hydrogen-bond donors (Lipinski definition) is 3. The summed E-state index contributed by atoms with van der Waals surface area (Å²) in [6, 6.07) is 5.81. The van der Waals surface area contributed by atoms with Crippen molar-refractivity contribution in [2.75, 3.05) is 32.0 Å². The zero-order valence-electron chi connectivity index (χ0n) is 15.5. The number of nitrogens with one attached hydrogen (secondary N) is 1. The van der Waals surface area contributed by atoms with Crippen LogP contribution in [0.5, 0.6) is 17.2 Å². The average molecular weight is 396 g/mol.